The highest BCUT2D eigenvalue weighted by molar-refractivity contribution is 7.90. The van der Waals surface area contributed by atoms with Crippen LogP contribution in [0.5, 0.6) is 0 Å². The van der Waals surface area contributed by atoms with Gasteiger partial charge in [0.1, 0.15) is 0 Å². The summed E-state index contributed by atoms with van der Waals surface area (Å²) >= 11 is 0. The number of aromatic nitrogens is 1. The average Bonchev–Trinajstić information content (AvgIpc) is 2.81. The van der Waals surface area contributed by atoms with Gasteiger partial charge in [0, 0.05) is 5.39 Å². The van der Waals surface area contributed by atoms with Crippen LogP contribution in [0.2, 0.25) is 0 Å². The highest BCUT2D eigenvalue weighted by atomic mass is 32.2. The number of nitrogens with zero attached hydrogens (tertiary/aromatic N) is 1. The van der Waals surface area contributed by atoms with Crippen LogP contribution in [0.15, 0.2) is 66.1 Å². The molecule has 1 aromatic heterocycles. The molecule has 0 N–H and O–H groups in total. The highest BCUT2D eigenvalue weighted by Crippen LogP contribution is 2.30. The van der Waals surface area contributed by atoms with E-state index in [9.17, 15) is 8.42 Å². The zero-order valence-electron chi connectivity index (χ0n) is 11.7. The molecule has 0 amide bonds. The Hall–Kier alpha value is -2.33. The molecule has 0 aliphatic rings. The van der Waals surface area contributed by atoms with Gasteiger partial charge in [0.15, 0.2) is 0 Å². The van der Waals surface area contributed by atoms with E-state index in [1.807, 2.05) is 31.2 Å². The first-order chi connectivity index (χ1) is 10.1. The third kappa shape index (κ3) is 1.99. The minimum absolute atomic E-state index is 0.272. The molecule has 0 unspecified atom stereocenters. The molecule has 1 heterocycles. The van der Waals surface area contributed by atoms with Crippen molar-refractivity contribution < 1.29 is 8.42 Å². The Balaban J connectivity index is 2.43. The molecule has 3 aromatic rings. The van der Waals surface area contributed by atoms with E-state index < -0.39 is 10.0 Å². The molecule has 4 heteroatoms. The Morgan fingerprint density at radius 3 is 2.29 bits per heavy atom. The zero-order chi connectivity index (χ0) is 15.0. The lowest BCUT2D eigenvalue weighted by Crippen LogP contribution is -2.14. The van der Waals surface area contributed by atoms with E-state index in [-0.39, 0.29) is 4.90 Å². The summed E-state index contributed by atoms with van der Waals surface area (Å²) in [6, 6.07) is 15.9. The molecule has 3 rings (SSSR count). The smallest absolute Gasteiger partial charge is 0.234 e. The monoisotopic (exact) mass is 297 g/mol. The van der Waals surface area contributed by atoms with Crippen LogP contribution in [0.4, 0.5) is 0 Å². The van der Waals surface area contributed by atoms with Crippen LogP contribution in [0.1, 0.15) is 11.3 Å². The predicted octanol–water partition coefficient (Wildman–Crippen LogP) is 3.83. The summed E-state index contributed by atoms with van der Waals surface area (Å²) in [5.74, 6) is 0. The van der Waals surface area contributed by atoms with Crippen LogP contribution in [0.25, 0.3) is 17.0 Å². The number of fused-ring (bicyclic) bond motifs is 1. The third-order valence-electron chi connectivity index (χ3n) is 3.60. The number of rotatable bonds is 3. The van der Waals surface area contributed by atoms with E-state index in [1.54, 1.807) is 36.4 Å². The Morgan fingerprint density at radius 2 is 1.62 bits per heavy atom. The van der Waals surface area contributed by atoms with Gasteiger partial charge in [-0.25, -0.2) is 12.4 Å². The molecular weight excluding hydrogens is 282 g/mol. The van der Waals surface area contributed by atoms with Crippen LogP contribution >= 0.6 is 0 Å². The van der Waals surface area contributed by atoms with Crippen molar-refractivity contribution >= 4 is 27.0 Å². The summed E-state index contributed by atoms with van der Waals surface area (Å²) in [6.45, 7) is 5.68. The minimum Gasteiger partial charge on any atom is -0.234 e. The van der Waals surface area contributed by atoms with Crippen molar-refractivity contribution in [1.82, 2.24) is 3.97 Å². The summed E-state index contributed by atoms with van der Waals surface area (Å²) in [7, 11) is -3.64. The Labute approximate surface area is 124 Å². The largest absolute Gasteiger partial charge is 0.268 e. The maximum atomic E-state index is 13.0. The first-order valence-electron chi connectivity index (χ1n) is 6.60. The number of benzene rings is 2. The first kappa shape index (κ1) is 13.6. The molecular formula is C17H15NO2S. The van der Waals surface area contributed by atoms with Gasteiger partial charge >= 0.3 is 0 Å². The van der Waals surface area contributed by atoms with Gasteiger partial charge in [-0.1, -0.05) is 43.0 Å². The predicted molar refractivity (Wildman–Crippen MR) is 85.8 cm³/mol. The van der Waals surface area contributed by atoms with Crippen molar-refractivity contribution in [2.45, 2.75) is 11.8 Å². The van der Waals surface area contributed by atoms with E-state index in [1.165, 1.54) is 3.97 Å². The second-order valence-corrected chi connectivity index (χ2v) is 6.60. The summed E-state index contributed by atoms with van der Waals surface area (Å²) < 4.78 is 27.3. The quantitative estimate of drug-likeness (QED) is 0.737. The SMILES string of the molecule is C=Cc1c(C)c2ccccc2n1S(=O)(=O)c1ccccc1. The lowest BCUT2D eigenvalue weighted by molar-refractivity contribution is 0.588. The maximum Gasteiger partial charge on any atom is 0.268 e. The van der Waals surface area contributed by atoms with E-state index in [0.29, 0.717) is 11.2 Å². The number of para-hydroxylation sites is 1. The second-order valence-electron chi connectivity index (χ2n) is 4.81. The van der Waals surface area contributed by atoms with Gasteiger partial charge in [-0.2, -0.15) is 0 Å². The summed E-state index contributed by atoms with van der Waals surface area (Å²) in [4.78, 5) is 0.272. The molecule has 0 bridgehead atoms. The second kappa shape index (κ2) is 4.90. The van der Waals surface area contributed by atoms with Crippen molar-refractivity contribution in [2.24, 2.45) is 0 Å². The molecule has 0 radical (unpaired) electrons. The number of aryl methyl sites for hydroxylation is 1. The Kier molecular flexibility index (Phi) is 3.18. The zero-order valence-corrected chi connectivity index (χ0v) is 12.5. The van der Waals surface area contributed by atoms with Crippen molar-refractivity contribution in [3.8, 4) is 0 Å². The lowest BCUT2D eigenvalue weighted by atomic mass is 10.1. The molecule has 0 atom stereocenters. The molecule has 0 spiro atoms. The van der Waals surface area contributed by atoms with Gasteiger partial charge in [0.25, 0.3) is 10.0 Å². The van der Waals surface area contributed by atoms with Gasteiger partial charge in [-0.3, -0.25) is 0 Å². The number of hydrogen-bond donors (Lipinski definition) is 0. The van der Waals surface area contributed by atoms with Crippen molar-refractivity contribution in [2.75, 3.05) is 0 Å². The van der Waals surface area contributed by atoms with Crippen LogP contribution < -0.4 is 0 Å². The Morgan fingerprint density at radius 1 is 1.00 bits per heavy atom. The molecule has 0 saturated carbocycles. The van der Waals surface area contributed by atoms with E-state index >= 15 is 0 Å². The standard InChI is InChI=1S/C17H15NO2S/c1-3-16-13(2)15-11-7-8-12-17(15)18(16)21(19,20)14-9-5-4-6-10-14/h3-12H,1H2,2H3. The first-order valence-corrected chi connectivity index (χ1v) is 8.04. The summed E-state index contributed by atoms with van der Waals surface area (Å²) in [5, 5.41) is 0.923. The number of hydrogen-bond acceptors (Lipinski definition) is 2. The molecule has 2 aromatic carbocycles. The van der Waals surface area contributed by atoms with Crippen molar-refractivity contribution in [3.63, 3.8) is 0 Å². The summed E-state index contributed by atoms with van der Waals surface area (Å²) in [5.41, 5.74) is 2.20. The average molecular weight is 297 g/mol. The molecule has 106 valence electrons. The van der Waals surface area contributed by atoms with Crippen LogP contribution in [-0.4, -0.2) is 12.4 Å². The van der Waals surface area contributed by atoms with Crippen LogP contribution in [0, 0.1) is 6.92 Å². The van der Waals surface area contributed by atoms with E-state index in [4.69, 9.17) is 0 Å². The van der Waals surface area contributed by atoms with Crippen LogP contribution in [-0.2, 0) is 10.0 Å². The van der Waals surface area contributed by atoms with Gasteiger partial charge in [-0.05, 0) is 36.8 Å². The molecule has 21 heavy (non-hydrogen) atoms. The fourth-order valence-electron chi connectivity index (χ4n) is 2.58. The van der Waals surface area contributed by atoms with E-state index in [2.05, 4.69) is 6.58 Å². The fraction of sp³-hybridized carbons (Fsp3) is 0.0588. The van der Waals surface area contributed by atoms with Crippen LogP contribution in [0.3, 0.4) is 0 Å². The maximum absolute atomic E-state index is 13.0. The fourth-order valence-corrected chi connectivity index (χ4v) is 4.18. The van der Waals surface area contributed by atoms with Crippen molar-refractivity contribution in [1.29, 1.82) is 0 Å². The van der Waals surface area contributed by atoms with Crippen molar-refractivity contribution in [3.05, 3.63) is 72.4 Å². The van der Waals surface area contributed by atoms with E-state index in [0.717, 1.165) is 10.9 Å². The Bertz CT molecular complexity index is 922. The van der Waals surface area contributed by atoms with Gasteiger partial charge < -0.3 is 0 Å². The molecule has 3 nitrogen and oxygen atoms in total. The molecule has 0 aliphatic heterocycles. The summed E-state index contributed by atoms with van der Waals surface area (Å²) in [6.07, 6.45) is 1.59. The topological polar surface area (TPSA) is 39.1 Å². The highest BCUT2D eigenvalue weighted by Gasteiger charge is 2.23. The minimum atomic E-state index is -3.64. The third-order valence-corrected chi connectivity index (χ3v) is 5.35. The van der Waals surface area contributed by atoms with Gasteiger partial charge in [0.2, 0.25) is 0 Å². The lowest BCUT2D eigenvalue weighted by Gasteiger charge is -2.10. The normalized spacial score (nSPS) is 11.7. The molecule has 0 aliphatic carbocycles. The molecule has 0 saturated heterocycles. The van der Waals surface area contributed by atoms with Gasteiger partial charge in [-0.15, -0.1) is 0 Å². The van der Waals surface area contributed by atoms with Gasteiger partial charge in [0.05, 0.1) is 16.1 Å². The molecule has 0 fully saturated rings.